The fraction of sp³-hybridized carbons (Fsp3) is 0.636. The molecule has 0 spiro atoms. The van der Waals surface area contributed by atoms with E-state index in [1.165, 1.54) is 11.8 Å². The number of thioether (sulfide) groups is 1. The van der Waals surface area contributed by atoms with Crippen molar-refractivity contribution in [2.45, 2.75) is 31.1 Å². The quantitative estimate of drug-likeness (QED) is 0.559. The Morgan fingerprint density at radius 2 is 2.06 bits per heavy atom. The highest BCUT2D eigenvalue weighted by atomic mass is 32.2. The van der Waals surface area contributed by atoms with Gasteiger partial charge in [0.2, 0.25) is 0 Å². The number of nitrogens with one attached hydrogen (secondary N) is 1. The van der Waals surface area contributed by atoms with Gasteiger partial charge in [-0.3, -0.25) is 0 Å². The fourth-order valence-corrected chi connectivity index (χ4v) is 1.42. The lowest BCUT2D eigenvalue weighted by Gasteiger charge is -2.14. The molecule has 1 rings (SSSR count). The third-order valence-electron chi connectivity index (χ3n) is 1.99. The van der Waals surface area contributed by atoms with Gasteiger partial charge in [0.25, 0.3) is 0 Å². The monoisotopic (exact) mass is 257 g/mol. The van der Waals surface area contributed by atoms with Crippen LogP contribution in [0, 0.1) is 0 Å². The summed E-state index contributed by atoms with van der Waals surface area (Å²) in [6.45, 7) is 4.81. The molecule has 0 aromatic carbocycles. The molecule has 2 N–H and O–H groups in total. The molecule has 0 aliphatic rings. The SMILES string of the molecule is CSc1ncc(OCC(O)CNC(C)C)cn1. The van der Waals surface area contributed by atoms with Gasteiger partial charge in [-0.05, 0) is 6.26 Å². The van der Waals surface area contributed by atoms with E-state index >= 15 is 0 Å². The first kappa shape index (κ1) is 14.2. The molecule has 0 fully saturated rings. The second-order valence-electron chi connectivity index (χ2n) is 3.93. The molecule has 1 heterocycles. The van der Waals surface area contributed by atoms with Crippen molar-refractivity contribution < 1.29 is 9.84 Å². The Hall–Kier alpha value is -0.850. The topological polar surface area (TPSA) is 67.3 Å². The average molecular weight is 257 g/mol. The molecule has 0 aliphatic carbocycles. The van der Waals surface area contributed by atoms with Crippen LogP contribution in [0.2, 0.25) is 0 Å². The summed E-state index contributed by atoms with van der Waals surface area (Å²) in [6, 6.07) is 0.355. The van der Waals surface area contributed by atoms with E-state index in [-0.39, 0.29) is 6.61 Å². The van der Waals surface area contributed by atoms with E-state index in [9.17, 15) is 5.11 Å². The summed E-state index contributed by atoms with van der Waals surface area (Å²) in [7, 11) is 0. The predicted octanol–water partition coefficient (Wildman–Crippen LogP) is 0.936. The lowest BCUT2D eigenvalue weighted by atomic mass is 10.3. The zero-order chi connectivity index (χ0) is 12.7. The largest absolute Gasteiger partial charge is 0.488 e. The van der Waals surface area contributed by atoms with Crippen molar-refractivity contribution in [1.29, 1.82) is 0 Å². The van der Waals surface area contributed by atoms with Crippen molar-refractivity contribution in [3.8, 4) is 5.75 Å². The minimum Gasteiger partial charge on any atom is -0.488 e. The molecule has 0 saturated heterocycles. The van der Waals surface area contributed by atoms with E-state index in [0.29, 0.717) is 23.5 Å². The minimum atomic E-state index is -0.530. The summed E-state index contributed by atoms with van der Waals surface area (Å²) in [5.41, 5.74) is 0. The Bertz CT molecular complexity index is 319. The van der Waals surface area contributed by atoms with E-state index in [1.807, 2.05) is 20.1 Å². The molecule has 96 valence electrons. The van der Waals surface area contributed by atoms with Crippen molar-refractivity contribution in [3.63, 3.8) is 0 Å². The van der Waals surface area contributed by atoms with Gasteiger partial charge in [0.05, 0.1) is 12.4 Å². The highest BCUT2D eigenvalue weighted by molar-refractivity contribution is 7.98. The lowest BCUT2D eigenvalue weighted by Crippen LogP contribution is -2.35. The van der Waals surface area contributed by atoms with Crippen LogP contribution in [0.25, 0.3) is 0 Å². The zero-order valence-electron chi connectivity index (χ0n) is 10.4. The third-order valence-corrected chi connectivity index (χ3v) is 2.57. The van der Waals surface area contributed by atoms with Crippen LogP contribution in [-0.4, -0.2) is 46.6 Å². The molecule has 0 bridgehead atoms. The highest BCUT2D eigenvalue weighted by Crippen LogP contribution is 2.11. The van der Waals surface area contributed by atoms with Gasteiger partial charge in [-0.1, -0.05) is 25.6 Å². The van der Waals surface area contributed by atoms with Crippen molar-refractivity contribution in [3.05, 3.63) is 12.4 Å². The normalized spacial score (nSPS) is 12.8. The number of nitrogens with zero attached hydrogens (tertiary/aromatic N) is 2. The van der Waals surface area contributed by atoms with E-state index in [4.69, 9.17) is 4.74 Å². The molecule has 0 radical (unpaired) electrons. The smallest absolute Gasteiger partial charge is 0.187 e. The van der Waals surface area contributed by atoms with Gasteiger partial charge in [0.15, 0.2) is 10.9 Å². The Morgan fingerprint density at radius 1 is 1.41 bits per heavy atom. The van der Waals surface area contributed by atoms with Crippen molar-refractivity contribution in [2.75, 3.05) is 19.4 Å². The van der Waals surface area contributed by atoms with Gasteiger partial charge >= 0.3 is 0 Å². The van der Waals surface area contributed by atoms with Crippen LogP contribution in [0.1, 0.15) is 13.8 Å². The molecule has 0 amide bonds. The number of hydrogen-bond donors (Lipinski definition) is 2. The maximum Gasteiger partial charge on any atom is 0.187 e. The predicted molar refractivity (Wildman–Crippen MR) is 68.5 cm³/mol. The molecule has 1 aromatic rings. The second-order valence-corrected chi connectivity index (χ2v) is 4.71. The van der Waals surface area contributed by atoms with Gasteiger partial charge in [0, 0.05) is 12.6 Å². The molecule has 1 aromatic heterocycles. The summed E-state index contributed by atoms with van der Waals surface area (Å²) in [6.07, 6.45) is 4.61. The second kappa shape index (κ2) is 7.47. The van der Waals surface area contributed by atoms with Crippen LogP contribution in [0.4, 0.5) is 0 Å². The summed E-state index contributed by atoms with van der Waals surface area (Å²) in [5.74, 6) is 0.575. The van der Waals surface area contributed by atoms with Gasteiger partial charge in [-0.15, -0.1) is 0 Å². The zero-order valence-corrected chi connectivity index (χ0v) is 11.2. The van der Waals surface area contributed by atoms with Crippen LogP contribution < -0.4 is 10.1 Å². The number of aromatic nitrogens is 2. The number of aliphatic hydroxyl groups excluding tert-OH is 1. The van der Waals surface area contributed by atoms with Crippen molar-refractivity contribution in [2.24, 2.45) is 0 Å². The molecule has 1 atom stereocenters. The average Bonchev–Trinajstić information content (AvgIpc) is 2.34. The standard InChI is InChI=1S/C11H19N3O2S/c1-8(2)12-4-9(15)7-16-10-5-13-11(17-3)14-6-10/h5-6,8-9,12,15H,4,7H2,1-3H3. The Labute approximate surface area is 106 Å². The Kier molecular flexibility index (Phi) is 6.25. The maximum absolute atomic E-state index is 9.63. The first-order chi connectivity index (χ1) is 8.11. The fourth-order valence-electron chi connectivity index (χ4n) is 1.11. The molecule has 17 heavy (non-hydrogen) atoms. The van der Waals surface area contributed by atoms with Crippen LogP contribution >= 0.6 is 11.8 Å². The van der Waals surface area contributed by atoms with E-state index in [2.05, 4.69) is 15.3 Å². The third kappa shape index (κ3) is 5.86. The lowest BCUT2D eigenvalue weighted by molar-refractivity contribution is 0.104. The van der Waals surface area contributed by atoms with Crippen LogP contribution in [0.5, 0.6) is 5.75 Å². The van der Waals surface area contributed by atoms with Gasteiger partial charge < -0.3 is 15.2 Å². The van der Waals surface area contributed by atoms with E-state index in [1.54, 1.807) is 12.4 Å². The highest BCUT2D eigenvalue weighted by Gasteiger charge is 2.06. The molecule has 6 heteroatoms. The van der Waals surface area contributed by atoms with Crippen molar-refractivity contribution in [1.82, 2.24) is 15.3 Å². The number of rotatable bonds is 7. The number of hydrogen-bond acceptors (Lipinski definition) is 6. The molecule has 0 aliphatic heterocycles. The Morgan fingerprint density at radius 3 is 2.59 bits per heavy atom. The molecular weight excluding hydrogens is 238 g/mol. The summed E-state index contributed by atoms with van der Waals surface area (Å²) in [5, 5.41) is 13.5. The molecular formula is C11H19N3O2S. The first-order valence-electron chi connectivity index (χ1n) is 5.52. The van der Waals surface area contributed by atoms with Crippen LogP contribution in [0.15, 0.2) is 17.6 Å². The van der Waals surface area contributed by atoms with Crippen LogP contribution in [0.3, 0.4) is 0 Å². The van der Waals surface area contributed by atoms with Gasteiger partial charge in [-0.25, -0.2) is 9.97 Å². The van der Waals surface area contributed by atoms with Crippen LogP contribution in [-0.2, 0) is 0 Å². The molecule has 1 unspecified atom stereocenters. The summed E-state index contributed by atoms with van der Waals surface area (Å²) >= 11 is 1.48. The maximum atomic E-state index is 9.63. The summed E-state index contributed by atoms with van der Waals surface area (Å²) < 4.78 is 5.38. The Balaban J connectivity index is 2.29. The summed E-state index contributed by atoms with van der Waals surface area (Å²) in [4.78, 5) is 8.16. The van der Waals surface area contributed by atoms with E-state index in [0.717, 1.165) is 0 Å². The van der Waals surface area contributed by atoms with Crippen molar-refractivity contribution >= 4 is 11.8 Å². The number of ether oxygens (including phenoxy) is 1. The number of aliphatic hydroxyl groups is 1. The van der Waals surface area contributed by atoms with Gasteiger partial charge in [-0.2, -0.15) is 0 Å². The van der Waals surface area contributed by atoms with Gasteiger partial charge in [0.1, 0.15) is 12.7 Å². The molecule has 0 saturated carbocycles. The minimum absolute atomic E-state index is 0.238. The first-order valence-corrected chi connectivity index (χ1v) is 6.74. The molecule has 5 nitrogen and oxygen atoms in total. The van der Waals surface area contributed by atoms with E-state index < -0.39 is 6.10 Å².